The van der Waals surface area contributed by atoms with E-state index in [-0.39, 0.29) is 18.3 Å². The molecule has 90 valence electrons. The third-order valence-electron chi connectivity index (χ3n) is 4.24. The summed E-state index contributed by atoms with van der Waals surface area (Å²) in [4.78, 5) is 0. The third kappa shape index (κ3) is 2.68. The van der Waals surface area contributed by atoms with Crippen LogP contribution in [-0.4, -0.2) is 12.5 Å². The van der Waals surface area contributed by atoms with Gasteiger partial charge in [0.05, 0.1) is 0 Å². The number of hydrogen-bond donors (Lipinski definition) is 1. The fraction of sp³-hybridized carbons (Fsp3) is 1.00. The van der Waals surface area contributed by atoms with Crippen molar-refractivity contribution in [1.82, 2.24) is 0 Å². The first-order valence-electron chi connectivity index (χ1n) is 6.07. The van der Waals surface area contributed by atoms with Crippen molar-refractivity contribution in [2.24, 2.45) is 17.1 Å². The number of halogens is 2. The Kier molecular flexibility index (Phi) is 4.10. The average molecular weight is 219 g/mol. The Bertz CT molecular complexity index is 190. The van der Waals surface area contributed by atoms with Gasteiger partial charge in [0, 0.05) is 12.8 Å². The fourth-order valence-electron chi connectivity index (χ4n) is 3.05. The molecule has 1 saturated carbocycles. The lowest BCUT2D eigenvalue weighted by molar-refractivity contribution is -0.0795. The molecule has 0 bridgehead atoms. The minimum Gasteiger partial charge on any atom is -0.330 e. The molecule has 0 unspecified atom stereocenters. The molecule has 0 atom stereocenters. The van der Waals surface area contributed by atoms with E-state index in [1.807, 2.05) is 0 Å². The average Bonchev–Trinajstić information content (AvgIpc) is 2.22. The van der Waals surface area contributed by atoms with Crippen molar-refractivity contribution in [3.05, 3.63) is 0 Å². The molecule has 1 aliphatic rings. The third-order valence-corrected chi connectivity index (χ3v) is 4.24. The number of alkyl halides is 2. The van der Waals surface area contributed by atoms with Gasteiger partial charge in [-0.05, 0) is 30.7 Å². The van der Waals surface area contributed by atoms with Crippen molar-refractivity contribution in [2.75, 3.05) is 6.54 Å². The highest BCUT2D eigenvalue weighted by atomic mass is 19.3. The quantitative estimate of drug-likeness (QED) is 0.768. The van der Waals surface area contributed by atoms with Gasteiger partial charge in [0.15, 0.2) is 0 Å². The van der Waals surface area contributed by atoms with Crippen LogP contribution in [0.1, 0.15) is 52.4 Å². The van der Waals surface area contributed by atoms with Crippen LogP contribution in [-0.2, 0) is 0 Å². The molecular formula is C12H23F2N. The van der Waals surface area contributed by atoms with Crippen molar-refractivity contribution >= 4 is 0 Å². The molecule has 0 saturated heterocycles. The molecule has 0 radical (unpaired) electrons. The number of nitrogens with two attached hydrogens (primary N) is 1. The molecule has 1 nitrogen and oxygen atoms in total. The van der Waals surface area contributed by atoms with Gasteiger partial charge in [0.2, 0.25) is 5.92 Å². The highest BCUT2D eigenvalue weighted by Crippen LogP contribution is 2.49. The maximum absolute atomic E-state index is 13.1. The molecule has 0 spiro atoms. The summed E-state index contributed by atoms with van der Waals surface area (Å²) < 4.78 is 26.2. The molecule has 0 aromatic carbocycles. The van der Waals surface area contributed by atoms with Crippen LogP contribution in [0.15, 0.2) is 0 Å². The summed E-state index contributed by atoms with van der Waals surface area (Å²) in [6, 6.07) is 0. The lowest BCUT2D eigenvalue weighted by Gasteiger charge is -2.44. The van der Waals surface area contributed by atoms with Gasteiger partial charge < -0.3 is 5.73 Å². The Morgan fingerprint density at radius 3 is 1.87 bits per heavy atom. The van der Waals surface area contributed by atoms with E-state index in [1.165, 1.54) is 0 Å². The summed E-state index contributed by atoms with van der Waals surface area (Å²) in [6.07, 6.45) is 3.37. The molecule has 0 aromatic rings. The minimum atomic E-state index is -2.44. The SMILES string of the molecule is CCC(CC)C1(CN)CCC(F)(F)CC1. The number of hydrogen-bond acceptors (Lipinski definition) is 1. The number of rotatable bonds is 4. The first-order chi connectivity index (χ1) is 6.99. The standard InChI is InChI=1S/C12H23F2N/c1-3-10(4-2)11(9-15)5-7-12(13,14)8-6-11/h10H,3-9,15H2,1-2H3. The second-order valence-electron chi connectivity index (χ2n) is 4.94. The molecular weight excluding hydrogens is 196 g/mol. The summed E-state index contributed by atoms with van der Waals surface area (Å²) in [5, 5.41) is 0. The normalized spacial score (nSPS) is 24.4. The Balaban J connectivity index is 2.71. The van der Waals surface area contributed by atoms with Gasteiger partial charge in [-0.1, -0.05) is 26.7 Å². The molecule has 2 N–H and O–H groups in total. The van der Waals surface area contributed by atoms with Gasteiger partial charge in [-0.3, -0.25) is 0 Å². The zero-order valence-corrected chi connectivity index (χ0v) is 9.86. The maximum atomic E-state index is 13.1. The van der Waals surface area contributed by atoms with Gasteiger partial charge >= 0.3 is 0 Å². The molecule has 0 aromatic heterocycles. The van der Waals surface area contributed by atoms with Crippen molar-refractivity contribution in [2.45, 2.75) is 58.3 Å². The second-order valence-corrected chi connectivity index (χ2v) is 4.94. The van der Waals surface area contributed by atoms with Crippen molar-refractivity contribution in [1.29, 1.82) is 0 Å². The van der Waals surface area contributed by atoms with Crippen LogP contribution in [0, 0.1) is 11.3 Å². The van der Waals surface area contributed by atoms with Crippen molar-refractivity contribution < 1.29 is 8.78 Å². The molecule has 1 rings (SSSR count). The predicted octanol–water partition coefficient (Wildman–Crippen LogP) is 3.58. The van der Waals surface area contributed by atoms with Gasteiger partial charge in [0.25, 0.3) is 0 Å². The largest absolute Gasteiger partial charge is 0.330 e. The summed E-state index contributed by atoms with van der Waals surface area (Å²) in [5.74, 6) is -1.93. The molecule has 1 aliphatic carbocycles. The highest BCUT2D eigenvalue weighted by molar-refractivity contribution is 4.93. The monoisotopic (exact) mass is 219 g/mol. The zero-order valence-electron chi connectivity index (χ0n) is 9.86. The van der Waals surface area contributed by atoms with Crippen molar-refractivity contribution in [3.8, 4) is 0 Å². The van der Waals surface area contributed by atoms with E-state index in [4.69, 9.17) is 5.73 Å². The molecule has 15 heavy (non-hydrogen) atoms. The van der Waals surface area contributed by atoms with Gasteiger partial charge in [-0.15, -0.1) is 0 Å². The molecule has 0 aliphatic heterocycles. The Hall–Kier alpha value is -0.180. The summed E-state index contributed by atoms with van der Waals surface area (Å²) in [5.41, 5.74) is 5.83. The Labute approximate surface area is 91.4 Å². The lowest BCUT2D eigenvalue weighted by atomic mass is 9.63. The lowest BCUT2D eigenvalue weighted by Crippen LogP contribution is -2.43. The molecule has 1 fully saturated rings. The first kappa shape index (κ1) is 12.9. The highest BCUT2D eigenvalue weighted by Gasteiger charge is 2.45. The topological polar surface area (TPSA) is 26.0 Å². The van der Waals surface area contributed by atoms with E-state index in [0.29, 0.717) is 25.3 Å². The van der Waals surface area contributed by atoms with Crippen LogP contribution in [0.2, 0.25) is 0 Å². The van der Waals surface area contributed by atoms with Crippen molar-refractivity contribution in [3.63, 3.8) is 0 Å². The Morgan fingerprint density at radius 2 is 1.53 bits per heavy atom. The summed E-state index contributed by atoms with van der Waals surface area (Å²) in [6.45, 7) is 4.84. The zero-order chi connectivity index (χ0) is 11.5. The predicted molar refractivity (Wildman–Crippen MR) is 59.0 cm³/mol. The van der Waals surface area contributed by atoms with Crippen LogP contribution in [0.5, 0.6) is 0 Å². The van der Waals surface area contributed by atoms with E-state index in [9.17, 15) is 8.78 Å². The van der Waals surface area contributed by atoms with E-state index >= 15 is 0 Å². The second kappa shape index (κ2) is 4.77. The molecule has 3 heteroatoms. The summed E-state index contributed by atoms with van der Waals surface area (Å²) >= 11 is 0. The van der Waals surface area contributed by atoms with Crippen LogP contribution in [0.3, 0.4) is 0 Å². The van der Waals surface area contributed by atoms with E-state index in [2.05, 4.69) is 13.8 Å². The van der Waals surface area contributed by atoms with Crippen LogP contribution < -0.4 is 5.73 Å². The van der Waals surface area contributed by atoms with Crippen LogP contribution >= 0.6 is 0 Å². The van der Waals surface area contributed by atoms with E-state index < -0.39 is 5.92 Å². The van der Waals surface area contributed by atoms with Gasteiger partial charge in [0.1, 0.15) is 0 Å². The van der Waals surface area contributed by atoms with Crippen LogP contribution in [0.4, 0.5) is 8.78 Å². The molecule has 0 heterocycles. The van der Waals surface area contributed by atoms with Gasteiger partial charge in [-0.25, -0.2) is 8.78 Å². The van der Waals surface area contributed by atoms with E-state index in [0.717, 1.165) is 12.8 Å². The summed E-state index contributed by atoms with van der Waals surface area (Å²) in [7, 11) is 0. The van der Waals surface area contributed by atoms with Gasteiger partial charge in [-0.2, -0.15) is 0 Å². The minimum absolute atomic E-state index is 0.00875. The van der Waals surface area contributed by atoms with Crippen LogP contribution in [0.25, 0.3) is 0 Å². The smallest absolute Gasteiger partial charge is 0.248 e. The Morgan fingerprint density at radius 1 is 1.07 bits per heavy atom. The molecule has 0 amide bonds. The first-order valence-corrected chi connectivity index (χ1v) is 6.07. The fourth-order valence-corrected chi connectivity index (χ4v) is 3.05. The maximum Gasteiger partial charge on any atom is 0.248 e. The van der Waals surface area contributed by atoms with E-state index in [1.54, 1.807) is 0 Å².